The third kappa shape index (κ3) is 7.15. The van der Waals surface area contributed by atoms with Crippen LogP contribution in [0.25, 0.3) is 0 Å². The van der Waals surface area contributed by atoms with Crippen LogP contribution in [0.15, 0.2) is 52.5 Å². The second kappa shape index (κ2) is 10.8. The number of amides is 1. The summed E-state index contributed by atoms with van der Waals surface area (Å²) >= 11 is 7.26. The van der Waals surface area contributed by atoms with Crippen LogP contribution in [0, 0.1) is 0 Å². The molecule has 0 unspecified atom stereocenters. The van der Waals surface area contributed by atoms with Gasteiger partial charge < -0.3 is 9.47 Å². The number of carbonyl (C=O) groups is 1. The largest absolute Gasteiger partial charge is 0.493 e. The van der Waals surface area contributed by atoms with Gasteiger partial charge in [-0.3, -0.25) is 4.79 Å². The molecule has 0 aliphatic heterocycles. The number of rotatable bonds is 9. The standard InChI is InChI=1S/C20H23ClN2O3S/c1-4-14(2)26-18-10-5-15(11-19(18)25-3)12-22-23-20(24)13-27-17-8-6-16(21)7-9-17/h5-12,14H,4,13H2,1-3H3,(H,23,24)/b22-12-/t14-/m1/s1. The van der Waals surface area contributed by atoms with Crippen LogP contribution in [0.5, 0.6) is 11.5 Å². The van der Waals surface area contributed by atoms with Crippen molar-refractivity contribution in [2.45, 2.75) is 31.3 Å². The van der Waals surface area contributed by atoms with Crippen LogP contribution in [0.4, 0.5) is 0 Å². The number of methoxy groups -OCH3 is 1. The molecule has 2 rings (SSSR count). The van der Waals surface area contributed by atoms with E-state index in [0.717, 1.165) is 16.9 Å². The van der Waals surface area contributed by atoms with Gasteiger partial charge in [-0.15, -0.1) is 11.8 Å². The van der Waals surface area contributed by atoms with Crippen LogP contribution in [0.1, 0.15) is 25.8 Å². The third-order valence-corrected chi connectivity index (χ3v) is 4.94. The first-order valence-corrected chi connectivity index (χ1v) is 9.93. The number of thioether (sulfide) groups is 1. The van der Waals surface area contributed by atoms with Crippen molar-refractivity contribution in [2.75, 3.05) is 12.9 Å². The highest BCUT2D eigenvalue weighted by molar-refractivity contribution is 8.00. The van der Waals surface area contributed by atoms with Crippen LogP contribution in [-0.4, -0.2) is 31.1 Å². The average Bonchev–Trinajstić information content (AvgIpc) is 2.68. The zero-order valence-electron chi connectivity index (χ0n) is 15.6. The lowest BCUT2D eigenvalue weighted by Crippen LogP contribution is -2.19. The summed E-state index contributed by atoms with van der Waals surface area (Å²) in [5, 5.41) is 4.67. The molecular weight excluding hydrogens is 384 g/mol. The van der Waals surface area contributed by atoms with Gasteiger partial charge in [0.15, 0.2) is 11.5 Å². The maximum atomic E-state index is 11.9. The number of hydrogen-bond acceptors (Lipinski definition) is 5. The fourth-order valence-corrected chi connectivity index (χ4v) is 2.87. The minimum Gasteiger partial charge on any atom is -0.493 e. The molecular formula is C20H23ClN2O3S. The molecule has 0 aliphatic carbocycles. The zero-order valence-corrected chi connectivity index (χ0v) is 17.1. The van der Waals surface area contributed by atoms with Crippen molar-refractivity contribution in [3.63, 3.8) is 0 Å². The van der Waals surface area contributed by atoms with Gasteiger partial charge in [0.05, 0.1) is 25.2 Å². The zero-order chi connectivity index (χ0) is 19.6. The van der Waals surface area contributed by atoms with E-state index in [-0.39, 0.29) is 17.8 Å². The van der Waals surface area contributed by atoms with Crippen molar-refractivity contribution in [3.05, 3.63) is 53.1 Å². The van der Waals surface area contributed by atoms with Gasteiger partial charge in [-0.25, -0.2) is 5.43 Å². The molecule has 0 saturated carbocycles. The Balaban J connectivity index is 1.87. The molecule has 0 saturated heterocycles. The monoisotopic (exact) mass is 406 g/mol. The smallest absolute Gasteiger partial charge is 0.250 e. The first-order valence-electron chi connectivity index (χ1n) is 8.56. The quantitative estimate of drug-likeness (QED) is 0.370. The van der Waals surface area contributed by atoms with Gasteiger partial charge in [-0.05, 0) is 61.4 Å². The minimum absolute atomic E-state index is 0.107. The Labute approximate surface area is 169 Å². The van der Waals surface area contributed by atoms with E-state index in [4.69, 9.17) is 21.1 Å². The number of benzene rings is 2. The van der Waals surface area contributed by atoms with Crippen molar-refractivity contribution >= 4 is 35.5 Å². The molecule has 0 spiro atoms. The SMILES string of the molecule is CC[C@@H](C)Oc1ccc(/C=N\NC(=O)CSc2ccc(Cl)cc2)cc1OC. The maximum absolute atomic E-state index is 11.9. The molecule has 27 heavy (non-hydrogen) atoms. The van der Waals surface area contributed by atoms with Gasteiger partial charge in [0.2, 0.25) is 5.91 Å². The highest BCUT2D eigenvalue weighted by Gasteiger charge is 2.08. The van der Waals surface area contributed by atoms with E-state index in [1.807, 2.05) is 37.3 Å². The number of halogens is 1. The summed E-state index contributed by atoms with van der Waals surface area (Å²) in [5.41, 5.74) is 3.32. The lowest BCUT2D eigenvalue weighted by atomic mass is 10.2. The van der Waals surface area contributed by atoms with E-state index in [2.05, 4.69) is 17.5 Å². The normalized spacial score (nSPS) is 12.0. The number of hydrazone groups is 1. The van der Waals surface area contributed by atoms with E-state index in [1.165, 1.54) is 11.8 Å². The highest BCUT2D eigenvalue weighted by Crippen LogP contribution is 2.28. The Kier molecular flexibility index (Phi) is 8.48. The summed E-state index contributed by atoms with van der Waals surface area (Å²) < 4.78 is 11.2. The molecule has 0 bridgehead atoms. The van der Waals surface area contributed by atoms with Crippen LogP contribution in [-0.2, 0) is 4.79 Å². The molecule has 5 nitrogen and oxygen atoms in total. The lowest BCUT2D eigenvalue weighted by molar-refractivity contribution is -0.118. The predicted molar refractivity (Wildman–Crippen MR) is 111 cm³/mol. The number of carbonyl (C=O) groups excluding carboxylic acids is 1. The van der Waals surface area contributed by atoms with E-state index in [9.17, 15) is 4.79 Å². The highest BCUT2D eigenvalue weighted by atomic mass is 35.5. The molecule has 1 N–H and O–H groups in total. The molecule has 2 aromatic carbocycles. The Morgan fingerprint density at radius 1 is 1.26 bits per heavy atom. The summed E-state index contributed by atoms with van der Waals surface area (Å²) in [6.07, 6.45) is 2.59. The van der Waals surface area contributed by atoms with Gasteiger partial charge in [-0.1, -0.05) is 18.5 Å². The average molecular weight is 407 g/mol. The summed E-state index contributed by atoms with van der Waals surface area (Å²) in [6, 6.07) is 12.8. The fraction of sp³-hybridized carbons (Fsp3) is 0.300. The molecule has 7 heteroatoms. The minimum atomic E-state index is -0.185. The number of nitrogens with zero attached hydrogens (tertiary/aromatic N) is 1. The number of hydrogen-bond donors (Lipinski definition) is 1. The van der Waals surface area contributed by atoms with Gasteiger partial charge >= 0.3 is 0 Å². The first kappa shape index (κ1) is 21.1. The molecule has 1 amide bonds. The lowest BCUT2D eigenvalue weighted by Gasteiger charge is -2.15. The first-order chi connectivity index (χ1) is 13.0. The maximum Gasteiger partial charge on any atom is 0.250 e. The van der Waals surface area contributed by atoms with Gasteiger partial charge in [-0.2, -0.15) is 5.10 Å². The molecule has 144 valence electrons. The van der Waals surface area contributed by atoms with Gasteiger partial charge in [0.1, 0.15) is 0 Å². The summed E-state index contributed by atoms with van der Waals surface area (Å²) in [7, 11) is 1.59. The van der Waals surface area contributed by atoms with Crippen LogP contribution < -0.4 is 14.9 Å². The summed E-state index contributed by atoms with van der Waals surface area (Å²) in [5.74, 6) is 1.40. The third-order valence-electron chi connectivity index (χ3n) is 3.68. The van der Waals surface area contributed by atoms with E-state index in [0.29, 0.717) is 16.5 Å². The predicted octanol–water partition coefficient (Wildman–Crippen LogP) is 4.77. The van der Waals surface area contributed by atoms with Gasteiger partial charge in [0.25, 0.3) is 0 Å². The van der Waals surface area contributed by atoms with Crippen molar-refractivity contribution in [3.8, 4) is 11.5 Å². The molecule has 0 aromatic heterocycles. The fourth-order valence-electron chi connectivity index (χ4n) is 2.05. The van der Waals surface area contributed by atoms with Crippen LogP contribution in [0.2, 0.25) is 5.02 Å². The Morgan fingerprint density at radius 3 is 2.67 bits per heavy atom. The van der Waals surface area contributed by atoms with Crippen molar-refractivity contribution in [2.24, 2.45) is 5.10 Å². The molecule has 0 aliphatic rings. The molecule has 0 fully saturated rings. The van der Waals surface area contributed by atoms with Crippen molar-refractivity contribution in [1.82, 2.24) is 5.43 Å². The molecule has 2 aromatic rings. The Bertz CT molecular complexity index is 781. The van der Waals surface area contributed by atoms with Crippen molar-refractivity contribution in [1.29, 1.82) is 0 Å². The number of ether oxygens (including phenoxy) is 2. The second-order valence-electron chi connectivity index (χ2n) is 5.78. The van der Waals surface area contributed by atoms with E-state index < -0.39 is 0 Å². The van der Waals surface area contributed by atoms with Gasteiger partial charge in [0, 0.05) is 9.92 Å². The Morgan fingerprint density at radius 2 is 2.00 bits per heavy atom. The summed E-state index contributed by atoms with van der Waals surface area (Å²) in [6.45, 7) is 4.07. The topological polar surface area (TPSA) is 59.9 Å². The summed E-state index contributed by atoms with van der Waals surface area (Å²) in [4.78, 5) is 12.9. The van der Waals surface area contributed by atoms with Crippen LogP contribution >= 0.6 is 23.4 Å². The van der Waals surface area contributed by atoms with E-state index >= 15 is 0 Å². The second-order valence-corrected chi connectivity index (χ2v) is 7.27. The molecule has 1 atom stereocenters. The van der Waals surface area contributed by atoms with Crippen molar-refractivity contribution < 1.29 is 14.3 Å². The Hall–Kier alpha value is -2.18. The van der Waals surface area contributed by atoms with Crippen LogP contribution in [0.3, 0.4) is 0 Å². The molecule has 0 heterocycles. The number of nitrogens with one attached hydrogen (secondary N) is 1. The van der Waals surface area contributed by atoms with E-state index in [1.54, 1.807) is 25.5 Å². The molecule has 0 radical (unpaired) electrons.